The molecule has 0 atom stereocenters. The Kier molecular flexibility index (Phi) is 6.51. The molecular weight excluding hydrogens is 388 g/mol. The summed E-state index contributed by atoms with van der Waals surface area (Å²) in [5.74, 6) is 1.23. The lowest BCUT2D eigenvalue weighted by Gasteiger charge is -2.10. The Bertz CT molecular complexity index is 1050. The van der Waals surface area contributed by atoms with Crippen LogP contribution in [0.15, 0.2) is 83.8 Å². The van der Waals surface area contributed by atoms with Gasteiger partial charge in [0.25, 0.3) is 10.0 Å². The van der Waals surface area contributed by atoms with Crippen molar-refractivity contribution < 1.29 is 17.9 Å². The zero-order chi connectivity index (χ0) is 20.7. The van der Waals surface area contributed by atoms with Gasteiger partial charge in [-0.3, -0.25) is 9.52 Å². The molecule has 0 unspecified atom stereocenters. The lowest BCUT2D eigenvalue weighted by Crippen LogP contribution is -2.22. The zero-order valence-corrected chi connectivity index (χ0v) is 16.8. The highest BCUT2D eigenvalue weighted by molar-refractivity contribution is 7.92. The lowest BCUT2D eigenvalue weighted by atomic mass is 10.1. The van der Waals surface area contributed by atoms with Crippen LogP contribution < -0.4 is 14.8 Å². The van der Waals surface area contributed by atoms with Gasteiger partial charge in [-0.2, -0.15) is 0 Å². The molecule has 0 aliphatic carbocycles. The molecule has 0 aliphatic rings. The van der Waals surface area contributed by atoms with Crippen molar-refractivity contribution >= 4 is 21.6 Å². The Hall–Kier alpha value is -3.32. The van der Waals surface area contributed by atoms with Gasteiger partial charge in [0.05, 0.1) is 4.90 Å². The number of para-hydroxylation sites is 1. The number of nitrogens with one attached hydrogen (secondary N) is 2. The molecule has 3 aromatic carbocycles. The molecule has 0 saturated heterocycles. The van der Waals surface area contributed by atoms with Gasteiger partial charge in [-0.05, 0) is 60.5 Å². The maximum atomic E-state index is 12.6. The van der Waals surface area contributed by atoms with Gasteiger partial charge < -0.3 is 10.1 Å². The fourth-order valence-electron chi connectivity index (χ4n) is 2.65. The summed E-state index contributed by atoms with van der Waals surface area (Å²) in [4.78, 5) is 11.1. The Morgan fingerprint density at radius 1 is 0.862 bits per heavy atom. The first kappa shape index (κ1) is 20.4. The minimum absolute atomic E-state index is 0.0893. The van der Waals surface area contributed by atoms with Crippen LogP contribution in [0.2, 0.25) is 0 Å². The maximum Gasteiger partial charge on any atom is 0.261 e. The second-order valence-electron chi connectivity index (χ2n) is 6.42. The number of benzene rings is 3. The molecule has 0 aromatic heterocycles. The van der Waals surface area contributed by atoms with Crippen LogP contribution in [0.4, 0.5) is 5.69 Å². The number of anilines is 1. The van der Waals surface area contributed by atoms with Gasteiger partial charge in [-0.1, -0.05) is 30.3 Å². The predicted octanol–water partition coefficient (Wildman–Crippen LogP) is 3.96. The SMILES string of the molecule is CC(=O)NCCc1ccc(S(=O)(=O)Nc2ccc(Oc3ccccc3)cc2)cc1. The van der Waals surface area contributed by atoms with Crippen molar-refractivity contribution in [2.45, 2.75) is 18.2 Å². The zero-order valence-electron chi connectivity index (χ0n) is 16.0. The van der Waals surface area contributed by atoms with Gasteiger partial charge >= 0.3 is 0 Å². The van der Waals surface area contributed by atoms with E-state index in [1.54, 1.807) is 48.5 Å². The molecule has 6 nitrogen and oxygen atoms in total. The standard InChI is InChI=1S/C22H22N2O4S/c1-17(25)23-16-15-18-7-13-22(14-8-18)29(26,27)24-19-9-11-21(12-10-19)28-20-5-3-2-4-6-20/h2-14,24H,15-16H2,1H3,(H,23,25). The summed E-state index contributed by atoms with van der Waals surface area (Å²) in [7, 11) is -3.70. The van der Waals surface area contributed by atoms with Gasteiger partial charge in [0.1, 0.15) is 11.5 Å². The van der Waals surface area contributed by atoms with Crippen molar-refractivity contribution in [1.82, 2.24) is 5.32 Å². The first-order valence-electron chi connectivity index (χ1n) is 9.11. The number of carbonyl (C=O) groups excluding carboxylic acids is 1. The minimum atomic E-state index is -3.70. The van der Waals surface area contributed by atoms with Crippen LogP contribution in [0, 0.1) is 0 Å². The quantitative estimate of drug-likeness (QED) is 0.589. The molecule has 3 rings (SSSR count). The Labute approximate surface area is 170 Å². The van der Waals surface area contributed by atoms with Crippen LogP contribution in [0.3, 0.4) is 0 Å². The molecule has 0 bridgehead atoms. The molecule has 0 saturated carbocycles. The fourth-order valence-corrected chi connectivity index (χ4v) is 3.71. The topological polar surface area (TPSA) is 84.5 Å². The third-order valence-electron chi connectivity index (χ3n) is 4.11. The number of hydrogen-bond acceptors (Lipinski definition) is 4. The molecule has 29 heavy (non-hydrogen) atoms. The number of carbonyl (C=O) groups is 1. The van der Waals surface area contributed by atoms with E-state index < -0.39 is 10.0 Å². The average molecular weight is 410 g/mol. The molecule has 1 amide bonds. The Balaban J connectivity index is 1.62. The molecule has 150 valence electrons. The largest absolute Gasteiger partial charge is 0.457 e. The van der Waals surface area contributed by atoms with Gasteiger partial charge in [-0.15, -0.1) is 0 Å². The lowest BCUT2D eigenvalue weighted by molar-refractivity contribution is -0.118. The van der Waals surface area contributed by atoms with Crippen molar-refractivity contribution in [3.05, 3.63) is 84.4 Å². The molecule has 7 heteroatoms. The van der Waals surface area contributed by atoms with E-state index in [2.05, 4.69) is 10.0 Å². The molecule has 0 fully saturated rings. The number of rotatable bonds is 8. The summed E-state index contributed by atoms with van der Waals surface area (Å²) in [5, 5.41) is 2.71. The van der Waals surface area contributed by atoms with E-state index in [1.165, 1.54) is 6.92 Å². The van der Waals surface area contributed by atoms with Crippen LogP contribution >= 0.6 is 0 Å². The summed E-state index contributed by atoms with van der Waals surface area (Å²) < 4.78 is 33.5. The Morgan fingerprint density at radius 2 is 1.48 bits per heavy atom. The first-order valence-corrected chi connectivity index (χ1v) is 10.6. The van der Waals surface area contributed by atoms with Gasteiger partial charge in [0.2, 0.25) is 5.91 Å². The molecule has 3 aromatic rings. The molecule has 2 N–H and O–H groups in total. The Morgan fingerprint density at radius 3 is 2.10 bits per heavy atom. The van der Waals surface area contributed by atoms with Crippen LogP contribution in [-0.4, -0.2) is 20.9 Å². The number of amides is 1. The van der Waals surface area contributed by atoms with E-state index in [0.29, 0.717) is 30.2 Å². The summed E-state index contributed by atoms with van der Waals surface area (Å²) in [6.45, 7) is 1.97. The van der Waals surface area contributed by atoms with Gasteiger partial charge in [0.15, 0.2) is 0 Å². The van der Waals surface area contributed by atoms with Gasteiger partial charge in [-0.25, -0.2) is 8.42 Å². The van der Waals surface area contributed by atoms with E-state index in [-0.39, 0.29) is 10.8 Å². The molecule has 0 aliphatic heterocycles. The second kappa shape index (κ2) is 9.25. The van der Waals surface area contributed by atoms with Crippen molar-refractivity contribution in [1.29, 1.82) is 0 Å². The summed E-state index contributed by atoms with van der Waals surface area (Å²) in [6.07, 6.45) is 0.635. The molecule has 0 heterocycles. The third-order valence-corrected chi connectivity index (χ3v) is 5.50. The monoisotopic (exact) mass is 410 g/mol. The average Bonchev–Trinajstić information content (AvgIpc) is 2.70. The van der Waals surface area contributed by atoms with Crippen molar-refractivity contribution in [3.63, 3.8) is 0 Å². The highest BCUT2D eigenvalue weighted by Gasteiger charge is 2.14. The maximum absolute atomic E-state index is 12.6. The predicted molar refractivity (Wildman–Crippen MR) is 113 cm³/mol. The second-order valence-corrected chi connectivity index (χ2v) is 8.10. The summed E-state index contributed by atoms with van der Waals surface area (Å²) in [6, 6.07) is 22.7. The molecule has 0 radical (unpaired) electrons. The van der Waals surface area contributed by atoms with Crippen molar-refractivity contribution in [3.8, 4) is 11.5 Å². The van der Waals surface area contributed by atoms with Gasteiger partial charge in [0, 0.05) is 19.2 Å². The van der Waals surface area contributed by atoms with Crippen LogP contribution in [0.25, 0.3) is 0 Å². The summed E-state index contributed by atoms with van der Waals surface area (Å²) in [5.41, 5.74) is 1.39. The van der Waals surface area contributed by atoms with E-state index in [4.69, 9.17) is 4.74 Å². The van der Waals surface area contributed by atoms with Crippen molar-refractivity contribution in [2.75, 3.05) is 11.3 Å². The van der Waals surface area contributed by atoms with Crippen LogP contribution in [0.1, 0.15) is 12.5 Å². The van der Waals surface area contributed by atoms with E-state index in [9.17, 15) is 13.2 Å². The number of sulfonamides is 1. The highest BCUT2D eigenvalue weighted by atomic mass is 32.2. The number of hydrogen-bond donors (Lipinski definition) is 2. The smallest absolute Gasteiger partial charge is 0.261 e. The highest BCUT2D eigenvalue weighted by Crippen LogP contribution is 2.24. The minimum Gasteiger partial charge on any atom is -0.457 e. The normalized spacial score (nSPS) is 10.9. The van der Waals surface area contributed by atoms with Crippen LogP contribution in [0.5, 0.6) is 11.5 Å². The fraction of sp³-hybridized carbons (Fsp3) is 0.136. The molecular formula is C22H22N2O4S. The third kappa shape index (κ3) is 6.08. The molecule has 0 spiro atoms. The van der Waals surface area contributed by atoms with Crippen LogP contribution in [-0.2, 0) is 21.2 Å². The number of ether oxygens (including phenoxy) is 1. The summed E-state index contributed by atoms with van der Waals surface area (Å²) >= 11 is 0. The first-order chi connectivity index (χ1) is 13.9. The van der Waals surface area contributed by atoms with E-state index >= 15 is 0 Å². The van der Waals surface area contributed by atoms with E-state index in [1.807, 2.05) is 30.3 Å². The van der Waals surface area contributed by atoms with Crippen molar-refractivity contribution in [2.24, 2.45) is 0 Å². The van der Waals surface area contributed by atoms with E-state index in [0.717, 1.165) is 5.56 Å².